The number of carbonyl (C=O) groups excluding carboxylic acids is 1. The maximum absolute atomic E-state index is 12.5. The third kappa shape index (κ3) is 3.79. The molecule has 4 heteroatoms. The van der Waals surface area contributed by atoms with Crippen molar-refractivity contribution in [2.24, 2.45) is 0 Å². The van der Waals surface area contributed by atoms with Crippen molar-refractivity contribution in [3.8, 4) is 0 Å². The molecule has 128 valence electrons. The van der Waals surface area contributed by atoms with Crippen LogP contribution in [0.3, 0.4) is 0 Å². The van der Waals surface area contributed by atoms with Crippen LogP contribution in [-0.2, 0) is 4.79 Å². The average molecular weight is 478 g/mol. The lowest BCUT2D eigenvalue weighted by Crippen LogP contribution is -3.00. The maximum atomic E-state index is 12.5. The Morgan fingerprint density at radius 2 is 1.00 bits per heavy atom. The Morgan fingerprint density at radius 1 is 0.720 bits per heavy atom. The van der Waals surface area contributed by atoms with Gasteiger partial charge < -0.3 is 17.0 Å². The smallest absolute Gasteiger partial charge is 0.194 e. The molecular formula is C21H19Br2OP. The molecule has 3 aromatic rings. The van der Waals surface area contributed by atoms with Gasteiger partial charge in [0, 0.05) is 0 Å². The molecule has 25 heavy (non-hydrogen) atoms. The van der Waals surface area contributed by atoms with Gasteiger partial charge >= 0.3 is 0 Å². The molecule has 0 heterocycles. The first-order valence-corrected chi connectivity index (χ1v) is 10.6. The van der Waals surface area contributed by atoms with E-state index in [9.17, 15) is 4.79 Å². The standard InChI is InChI=1S/C21H19BrOP.BrH/c1-17(23)21(22)24(18-11-5-2-6-12-18,19-13-7-3-8-14-19)20-15-9-4-10-16-20;/h2-16,21H,1H3;1H/q+1;/p-1. The molecule has 0 spiro atoms. The SMILES string of the molecule is CC(=O)C(Br)[P+](c1ccccc1)(c1ccccc1)c1ccccc1.[Br-]. The summed E-state index contributed by atoms with van der Waals surface area (Å²) in [4.78, 5) is 12.5. The molecule has 0 aromatic heterocycles. The second-order valence-corrected chi connectivity index (χ2v) is 10.8. The molecule has 0 bridgehead atoms. The van der Waals surface area contributed by atoms with E-state index >= 15 is 0 Å². The number of carbonyl (C=O) groups is 1. The zero-order valence-electron chi connectivity index (χ0n) is 13.8. The Kier molecular flexibility index (Phi) is 7.13. The fourth-order valence-electron chi connectivity index (χ4n) is 3.10. The van der Waals surface area contributed by atoms with Crippen molar-refractivity contribution in [2.45, 2.75) is 11.5 Å². The number of rotatable bonds is 5. The Labute approximate surface area is 168 Å². The first kappa shape index (κ1) is 20.0. The Hall–Kier alpha value is -1.28. The average Bonchev–Trinajstić information content (AvgIpc) is 2.65. The number of hydrogen-bond donors (Lipinski definition) is 0. The highest BCUT2D eigenvalue weighted by Crippen LogP contribution is 2.61. The molecule has 1 unspecified atom stereocenters. The largest absolute Gasteiger partial charge is 1.00 e. The minimum atomic E-state index is -2.13. The van der Waals surface area contributed by atoms with Crippen molar-refractivity contribution in [3.05, 3.63) is 91.0 Å². The van der Waals surface area contributed by atoms with Crippen LogP contribution >= 0.6 is 23.2 Å². The lowest BCUT2D eigenvalue weighted by Gasteiger charge is -2.30. The van der Waals surface area contributed by atoms with E-state index < -0.39 is 7.26 Å². The first-order valence-electron chi connectivity index (χ1n) is 7.87. The van der Waals surface area contributed by atoms with Crippen LogP contribution in [0, 0.1) is 0 Å². The van der Waals surface area contributed by atoms with Gasteiger partial charge in [0.1, 0.15) is 23.2 Å². The summed E-state index contributed by atoms with van der Waals surface area (Å²) >= 11 is 3.78. The number of hydrogen-bond acceptors (Lipinski definition) is 1. The van der Waals surface area contributed by atoms with Gasteiger partial charge in [-0.15, -0.1) is 0 Å². The van der Waals surface area contributed by atoms with Crippen molar-refractivity contribution in [3.63, 3.8) is 0 Å². The fraction of sp³-hybridized carbons (Fsp3) is 0.0952. The van der Waals surface area contributed by atoms with Crippen molar-refractivity contribution in [1.82, 2.24) is 0 Å². The van der Waals surface area contributed by atoms with Gasteiger partial charge in [-0.3, -0.25) is 4.79 Å². The minimum absolute atomic E-state index is 0. The van der Waals surface area contributed by atoms with Gasteiger partial charge in [-0.05, 0) is 59.3 Å². The summed E-state index contributed by atoms with van der Waals surface area (Å²) < 4.78 is -0.253. The minimum Gasteiger partial charge on any atom is -1.00 e. The molecule has 0 aliphatic heterocycles. The Morgan fingerprint density at radius 3 is 1.24 bits per heavy atom. The van der Waals surface area contributed by atoms with E-state index in [1.807, 2.05) is 18.2 Å². The highest BCUT2D eigenvalue weighted by Gasteiger charge is 2.53. The summed E-state index contributed by atoms with van der Waals surface area (Å²) in [5.41, 5.74) is 0. The van der Waals surface area contributed by atoms with Crippen LogP contribution < -0.4 is 32.9 Å². The summed E-state index contributed by atoms with van der Waals surface area (Å²) in [5.74, 6) is 0.153. The van der Waals surface area contributed by atoms with Crippen molar-refractivity contribution < 1.29 is 21.8 Å². The number of benzene rings is 3. The van der Waals surface area contributed by atoms with Gasteiger partial charge in [-0.2, -0.15) is 0 Å². The summed E-state index contributed by atoms with van der Waals surface area (Å²) in [6.07, 6.45) is 0. The quantitative estimate of drug-likeness (QED) is 0.400. The summed E-state index contributed by atoms with van der Waals surface area (Å²) in [6, 6.07) is 31.2. The van der Waals surface area contributed by atoms with Crippen molar-refractivity contribution in [1.29, 1.82) is 0 Å². The summed E-state index contributed by atoms with van der Waals surface area (Å²) in [6.45, 7) is 1.67. The van der Waals surface area contributed by atoms with Crippen LogP contribution in [0.15, 0.2) is 91.0 Å². The van der Waals surface area contributed by atoms with Crippen LogP contribution in [0.25, 0.3) is 0 Å². The third-order valence-electron chi connectivity index (χ3n) is 4.17. The van der Waals surface area contributed by atoms with Crippen LogP contribution in [-0.4, -0.2) is 10.4 Å². The van der Waals surface area contributed by atoms with Crippen LogP contribution in [0.2, 0.25) is 0 Å². The molecule has 0 N–H and O–H groups in total. The Bertz CT molecular complexity index is 710. The number of Topliss-reactive ketones (excluding diaryl/α,β-unsaturated/α-hetero) is 1. The second-order valence-electron chi connectivity index (χ2n) is 5.68. The predicted molar refractivity (Wildman–Crippen MR) is 109 cm³/mol. The number of halogens is 2. The summed E-state index contributed by atoms with van der Waals surface area (Å²) in [7, 11) is -2.13. The van der Waals surface area contributed by atoms with E-state index in [1.54, 1.807) is 6.92 Å². The topological polar surface area (TPSA) is 17.1 Å². The maximum Gasteiger partial charge on any atom is 0.194 e. The third-order valence-corrected chi connectivity index (χ3v) is 11.0. The Balaban J connectivity index is 0.00000225. The molecule has 0 radical (unpaired) electrons. The van der Waals surface area contributed by atoms with E-state index in [2.05, 4.69) is 88.7 Å². The second kappa shape index (κ2) is 8.89. The summed E-state index contributed by atoms with van der Waals surface area (Å²) in [5, 5.41) is 3.62. The molecule has 0 saturated carbocycles. The molecule has 3 aromatic carbocycles. The monoisotopic (exact) mass is 476 g/mol. The zero-order chi connectivity index (χ0) is 17.0. The fourth-order valence-corrected chi connectivity index (χ4v) is 9.38. The zero-order valence-corrected chi connectivity index (χ0v) is 17.9. The molecule has 0 aliphatic rings. The number of alkyl halides is 1. The van der Waals surface area contributed by atoms with Crippen LogP contribution in [0.1, 0.15) is 6.92 Å². The van der Waals surface area contributed by atoms with Crippen LogP contribution in [0.4, 0.5) is 0 Å². The molecule has 0 aliphatic carbocycles. The molecular weight excluding hydrogens is 459 g/mol. The van der Waals surface area contributed by atoms with E-state index in [-0.39, 0.29) is 27.3 Å². The molecule has 1 nitrogen and oxygen atoms in total. The van der Waals surface area contributed by atoms with Gasteiger partial charge in [-0.25, -0.2) is 0 Å². The highest BCUT2D eigenvalue weighted by molar-refractivity contribution is 9.11. The highest BCUT2D eigenvalue weighted by atomic mass is 79.9. The molecule has 1 atom stereocenters. The lowest BCUT2D eigenvalue weighted by atomic mass is 10.4. The molecule has 3 rings (SSSR count). The van der Waals surface area contributed by atoms with Gasteiger partial charge in [-0.1, -0.05) is 54.6 Å². The van der Waals surface area contributed by atoms with E-state index in [1.165, 1.54) is 15.9 Å². The van der Waals surface area contributed by atoms with Crippen molar-refractivity contribution >= 4 is 44.9 Å². The normalized spacial score (nSPS) is 12.1. The van der Waals surface area contributed by atoms with Crippen molar-refractivity contribution in [2.75, 3.05) is 0 Å². The van der Waals surface area contributed by atoms with Gasteiger partial charge in [0.2, 0.25) is 0 Å². The van der Waals surface area contributed by atoms with Crippen LogP contribution in [0.5, 0.6) is 0 Å². The molecule has 0 fully saturated rings. The van der Waals surface area contributed by atoms with Gasteiger partial charge in [0.25, 0.3) is 0 Å². The molecule has 0 amide bonds. The van der Waals surface area contributed by atoms with E-state index in [0.717, 1.165) is 0 Å². The lowest BCUT2D eigenvalue weighted by molar-refractivity contribution is -0.115. The van der Waals surface area contributed by atoms with Gasteiger partial charge in [0.05, 0.1) is 0 Å². The molecule has 0 saturated heterocycles. The first-order chi connectivity index (χ1) is 11.7. The van der Waals surface area contributed by atoms with E-state index in [4.69, 9.17) is 0 Å². The van der Waals surface area contributed by atoms with Gasteiger partial charge in [0.15, 0.2) is 10.4 Å². The van der Waals surface area contributed by atoms with E-state index in [0.29, 0.717) is 0 Å². The number of ketones is 1. The predicted octanol–water partition coefficient (Wildman–Crippen LogP) is 1.29.